The van der Waals surface area contributed by atoms with Crippen LogP contribution < -0.4 is 10.6 Å². The number of carbonyl (C=O) groups is 1. The topological polar surface area (TPSA) is 74.2 Å². The van der Waals surface area contributed by atoms with Crippen LogP contribution in [0.25, 0.3) is 22.0 Å². The van der Waals surface area contributed by atoms with E-state index in [-0.39, 0.29) is 40.2 Å². The summed E-state index contributed by atoms with van der Waals surface area (Å²) < 4.78 is 12.4. The van der Waals surface area contributed by atoms with E-state index in [0.29, 0.717) is 18.0 Å². The monoisotopic (exact) mass is 529 g/mol. The Labute approximate surface area is 220 Å². The van der Waals surface area contributed by atoms with E-state index in [9.17, 15) is 14.3 Å². The largest absolute Gasteiger partial charge is 0.505 e. The maximum absolute atomic E-state index is 13.2. The number of halogens is 3. The van der Waals surface area contributed by atoms with E-state index in [1.54, 1.807) is 18.3 Å². The summed E-state index contributed by atoms with van der Waals surface area (Å²) in [5.74, 6) is 0.642. The summed E-state index contributed by atoms with van der Waals surface area (Å²) in [4.78, 5) is 17.8. The van der Waals surface area contributed by atoms with E-state index in [2.05, 4.69) is 15.6 Å². The molecule has 2 fully saturated rings. The fraction of sp³-hybridized carbons (Fsp3) is 0.429. The molecule has 5 rings (SSSR count). The Morgan fingerprint density at radius 2 is 1.75 bits per heavy atom. The summed E-state index contributed by atoms with van der Waals surface area (Å²) in [5, 5.41) is 18.1. The molecule has 2 aliphatic rings. The molecule has 2 aromatic carbocycles. The fourth-order valence-electron chi connectivity index (χ4n) is 5.10. The summed E-state index contributed by atoms with van der Waals surface area (Å²) in [6, 6.07) is 9.50. The van der Waals surface area contributed by atoms with Crippen molar-refractivity contribution < 1.29 is 14.3 Å². The van der Waals surface area contributed by atoms with Gasteiger partial charge in [-0.3, -0.25) is 9.78 Å². The van der Waals surface area contributed by atoms with Gasteiger partial charge < -0.3 is 15.7 Å². The van der Waals surface area contributed by atoms with Crippen molar-refractivity contribution in [1.82, 2.24) is 10.3 Å². The molecule has 1 heterocycles. The molecule has 0 spiro atoms. The van der Waals surface area contributed by atoms with Gasteiger partial charge in [0.2, 0.25) is 0 Å². The number of alkyl halides is 1. The van der Waals surface area contributed by atoms with Gasteiger partial charge in [-0.25, -0.2) is 4.39 Å². The number of phenols is 1. The Bertz CT molecular complexity index is 1250. The van der Waals surface area contributed by atoms with Gasteiger partial charge in [-0.1, -0.05) is 29.3 Å². The van der Waals surface area contributed by atoms with Crippen molar-refractivity contribution >= 4 is 45.6 Å². The summed E-state index contributed by atoms with van der Waals surface area (Å²) in [7, 11) is 0. The van der Waals surface area contributed by atoms with Crippen LogP contribution in [-0.2, 0) is 0 Å². The highest BCUT2D eigenvalue weighted by Crippen LogP contribution is 2.40. The van der Waals surface area contributed by atoms with Gasteiger partial charge in [-0.2, -0.15) is 0 Å². The Kier molecular flexibility index (Phi) is 7.65. The van der Waals surface area contributed by atoms with Gasteiger partial charge in [-0.05, 0) is 86.4 Å². The molecule has 0 aliphatic heterocycles. The molecule has 36 heavy (non-hydrogen) atoms. The van der Waals surface area contributed by atoms with Crippen molar-refractivity contribution in [2.24, 2.45) is 11.8 Å². The molecule has 1 aromatic heterocycles. The smallest absolute Gasteiger partial charge is 0.169 e. The normalized spacial score (nSPS) is 20.0. The molecule has 2 aliphatic carbocycles. The van der Waals surface area contributed by atoms with Gasteiger partial charge in [0, 0.05) is 30.1 Å². The summed E-state index contributed by atoms with van der Waals surface area (Å²) in [6.07, 6.45) is 7.67. The number of Topliss-reactive ketones (excluding diaryl/α,β-unsaturated/α-hetero) is 1. The maximum Gasteiger partial charge on any atom is 0.169 e. The number of benzene rings is 2. The summed E-state index contributed by atoms with van der Waals surface area (Å²) in [6.45, 7) is 0.920. The minimum Gasteiger partial charge on any atom is -0.505 e. The lowest BCUT2D eigenvalue weighted by molar-refractivity contribution is 0.0968. The first-order valence-electron chi connectivity index (χ1n) is 12.6. The van der Waals surface area contributed by atoms with E-state index in [1.807, 2.05) is 18.2 Å². The standard InChI is InChI=1S/C28H30Cl2FN3O2/c29-23-12-19(13-24(30)28(23)36)18-5-8-25-21(11-18)26(22(15-33-25)27(35)17-3-4-17)34-20-6-1-16(2-7-20)14-32-10-9-31/h5,8,11-13,15-17,20,32,36H,1-4,6-7,9-10,14H2,(H,33,34)/t16-,20-. The molecule has 190 valence electrons. The number of ketones is 1. The average Bonchev–Trinajstić information content (AvgIpc) is 3.73. The van der Waals surface area contributed by atoms with Gasteiger partial charge in [0.1, 0.15) is 6.67 Å². The number of aromatic hydroxyl groups is 1. The van der Waals surface area contributed by atoms with Gasteiger partial charge in [-0.15, -0.1) is 0 Å². The molecule has 0 atom stereocenters. The van der Waals surface area contributed by atoms with E-state index in [0.717, 1.165) is 72.8 Å². The van der Waals surface area contributed by atoms with E-state index in [4.69, 9.17) is 23.2 Å². The Balaban J connectivity index is 1.47. The predicted molar refractivity (Wildman–Crippen MR) is 144 cm³/mol. The number of hydrogen-bond acceptors (Lipinski definition) is 5. The van der Waals surface area contributed by atoms with Crippen LogP contribution in [0.5, 0.6) is 5.75 Å². The van der Waals surface area contributed by atoms with Crippen LogP contribution in [-0.4, -0.2) is 41.7 Å². The van der Waals surface area contributed by atoms with Crippen molar-refractivity contribution in [1.29, 1.82) is 0 Å². The Morgan fingerprint density at radius 3 is 2.42 bits per heavy atom. The third-order valence-corrected chi connectivity index (χ3v) is 7.91. The van der Waals surface area contributed by atoms with E-state index in [1.165, 1.54) is 0 Å². The van der Waals surface area contributed by atoms with Gasteiger partial charge in [0.05, 0.1) is 26.8 Å². The molecule has 0 saturated heterocycles. The van der Waals surface area contributed by atoms with Crippen molar-refractivity contribution in [3.63, 3.8) is 0 Å². The van der Waals surface area contributed by atoms with Gasteiger partial charge in [0.25, 0.3) is 0 Å². The molecule has 0 radical (unpaired) electrons. The SMILES string of the molecule is O=C(c1cnc2ccc(-c3cc(Cl)c(O)c(Cl)c3)cc2c1N[C@H]1CC[C@H](CNCCF)CC1)C1CC1. The predicted octanol–water partition coefficient (Wildman–Crippen LogP) is 7.04. The third-order valence-electron chi connectivity index (χ3n) is 7.33. The van der Waals surface area contributed by atoms with Crippen LogP contribution in [0.4, 0.5) is 10.1 Å². The molecule has 0 bridgehead atoms. The number of hydrogen-bond donors (Lipinski definition) is 3. The quantitative estimate of drug-likeness (QED) is 0.205. The number of nitrogens with zero attached hydrogens (tertiary/aromatic N) is 1. The number of nitrogens with one attached hydrogen (secondary N) is 2. The highest BCUT2D eigenvalue weighted by molar-refractivity contribution is 6.37. The molecule has 8 heteroatoms. The first-order valence-corrected chi connectivity index (χ1v) is 13.4. The minimum atomic E-state index is -0.339. The number of fused-ring (bicyclic) bond motifs is 1. The second kappa shape index (κ2) is 10.9. The molecule has 2 saturated carbocycles. The van der Waals surface area contributed by atoms with Crippen LogP contribution in [0.3, 0.4) is 0 Å². The van der Waals surface area contributed by atoms with Crippen molar-refractivity contribution in [3.8, 4) is 16.9 Å². The first kappa shape index (κ1) is 25.2. The number of phenolic OH excluding ortho intramolecular Hbond substituents is 1. The molecular weight excluding hydrogens is 500 g/mol. The molecule has 5 nitrogen and oxygen atoms in total. The van der Waals surface area contributed by atoms with Crippen LogP contribution in [0.15, 0.2) is 36.5 Å². The van der Waals surface area contributed by atoms with Crippen molar-refractivity contribution in [3.05, 3.63) is 52.1 Å². The highest BCUT2D eigenvalue weighted by atomic mass is 35.5. The molecule has 0 amide bonds. The summed E-state index contributed by atoms with van der Waals surface area (Å²) >= 11 is 12.4. The Hall–Kier alpha value is -2.41. The number of anilines is 1. The van der Waals surface area contributed by atoms with E-state index >= 15 is 0 Å². The van der Waals surface area contributed by atoms with Crippen molar-refractivity contribution in [2.75, 3.05) is 25.1 Å². The first-order chi connectivity index (χ1) is 17.4. The lowest BCUT2D eigenvalue weighted by Crippen LogP contribution is -2.32. The molecule has 0 unspecified atom stereocenters. The minimum absolute atomic E-state index is 0.0833. The zero-order valence-corrected chi connectivity index (χ0v) is 21.5. The fourth-order valence-corrected chi connectivity index (χ4v) is 5.59. The third kappa shape index (κ3) is 5.46. The van der Waals surface area contributed by atoms with Crippen LogP contribution in [0.2, 0.25) is 10.0 Å². The van der Waals surface area contributed by atoms with E-state index < -0.39 is 0 Å². The lowest BCUT2D eigenvalue weighted by atomic mass is 9.85. The summed E-state index contributed by atoms with van der Waals surface area (Å²) in [5.41, 5.74) is 3.93. The van der Waals surface area contributed by atoms with Gasteiger partial charge >= 0.3 is 0 Å². The Morgan fingerprint density at radius 1 is 1.03 bits per heavy atom. The average molecular weight is 530 g/mol. The van der Waals surface area contributed by atoms with Crippen LogP contribution in [0, 0.1) is 11.8 Å². The second-order valence-corrected chi connectivity index (χ2v) is 10.8. The number of pyridine rings is 1. The zero-order chi connectivity index (χ0) is 25.2. The lowest BCUT2D eigenvalue weighted by Gasteiger charge is -2.31. The van der Waals surface area contributed by atoms with Crippen LogP contribution in [0.1, 0.15) is 48.9 Å². The zero-order valence-electron chi connectivity index (χ0n) is 20.0. The van der Waals surface area contributed by atoms with Crippen molar-refractivity contribution in [2.45, 2.75) is 44.6 Å². The number of carbonyl (C=O) groups excluding carboxylic acids is 1. The maximum atomic E-state index is 13.2. The molecular formula is C28H30Cl2FN3O2. The number of aromatic nitrogens is 1. The molecule has 3 N–H and O–H groups in total. The second-order valence-electron chi connectivity index (χ2n) is 9.96. The number of rotatable bonds is 9. The highest BCUT2D eigenvalue weighted by Gasteiger charge is 2.33. The molecule has 3 aromatic rings. The van der Waals surface area contributed by atoms with Gasteiger partial charge in [0.15, 0.2) is 11.5 Å². The van der Waals surface area contributed by atoms with Crippen LogP contribution >= 0.6 is 23.2 Å².